The molecule has 230 valence electrons. The van der Waals surface area contributed by atoms with Crippen LogP contribution in [0.3, 0.4) is 0 Å². The molecule has 7 aromatic carbocycles. The maximum atomic E-state index is 9.73. The second-order valence-electron chi connectivity index (χ2n) is 11.2. The van der Waals surface area contributed by atoms with E-state index < -0.39 is 83.6 Å². The standard InChI is InChI=1S/C45H30N4/c1-5-15-31(16-6-1)35-25-27-38-37-23-13-14-24-40(37)49(42(38)30-35)41-28-26-36(29-39(41)32-17-7-2-8-18-32)45-47-43(33-19-9-3-10-20-33)46-44(48-45)34-21-11-4-12-22-34/h1-30H/i1D,5D,6D,13D,14D,15D,16D,23D,24D,25D,27D,30D. The van der Waals surface area contributed by atoms with Crippen LogP contribution in [0.15, 0.2) is 182 Å². The van der Waals surface area contributed by atoms with Gasteiger partial charge in [-0.1, -0.05) is 151 Å². The molecule has 0 radical (unpaired) electrons. The highest BCUT2D eigenvalue weighted by Crippen LogP contribution is 2.39. The fourth-order valence-electron chi connectivity index (χ4n) is 5.91. The molecule has 4 heteroatoms. The lowest BCUT2D eigenvalue weighted by Crippen LogP contribution is -2.02. The van der Waals surface area contributed by atoms with Gasteiger partial charge in [-0.05, 0) is 47.0 Å². The van der Waals surface area contributed by atoms with Gasteiger partial charge in [0, 0.05) is 33.0 Å². The third-order valence-electron chi connectivity index (χ3n) is 8.19. The number of nitrogens with zero attached hydrogens (tertiary/aromatic N) is 4. The number of rotatable bonds is 6. The van der Waals surface area contributed by atoms with Gasteiger partial charge in [-0.15, -0.1) is 0 Å². The lowest BCUT2D eigenvalue weighted by molar-refractivity contribution is 1.07. The molecule has 49 heavy (non-hydrogen) atoms. The average molecular weight is 639 g/mol. The van der Waals surface area contributed by atoms with Crippen molar-refractivity contribution < 1.29 is 16.4 Å². The Kier molecular flexibility index (Phi) is 4.63. The van der Waals surface area contributed by atoms with E-state index in [0.29, 0.717) is 39.9 Å². The van der Waals surface area contributed by atoms with E-state index in [-0.39, 0.29) is 21.8 Å². The van der Waals surface area contributed by atoms with E-state index in [4.69, 9.17) is 27.3 Å². The van der Waals surface area contributed by atoms with Gasteiger partial charge in [-0.3, -0.25) is 0 Å². The van der Waals surface area contributed by atoms with Crippen LogP contribution in [0.5, 0.6) is 0 Å². The minimum absolute atomic E-state index is 0.0802. The summed E-state index contributed by atoms with van der Waals surface area (Å²) in [6, 6.07) is 26.2. The molecule has 0 saturated heterocycles. The SMILES string of the molecule is [2H]c1c([2H])c([2H])c(-c2c([2H])c([2H])c3c4c([2H])c([2H])c([2H])c([2H])c4n(-c4ccc(-c5nc(-c6ccccc6)nc(-c6ccccc6)n5)cc4-c4ccccc4)c3c2[2H])c([2H])c1[2H]. The molecule has 0 aliphatic rings. The summed E-state index contributed by atoms with van der Waals surface area (Å²) in [5.41, 5.74) is 2.51. The molecular weight excluding hydrogens is 597 g/mol. The number of hydrogen-bond acceptors (Lipinski definition) is 3. The zero-order valence-electron chi connectivity index (χ0n) is 37.7. The lowest BCUT2D eigenvalue weighted by Gasteiger charge is -2.16. The van der Waals surface area contributed by atoms with Crippen LogP contribution in [-0.2, 0) is 0 Å². The first-order chi connectivity index (χ1) is 29.3. The first-order valence-electron chi connectivity index (χ1n) is 21.5. The fraction of sp³-hybridized carbons (Fsp3) is 0. The number of para-hydroxylation sites is 1. The highest BCUT2D eigenvalue weighted by Gasteiger charge is 2.19. The molecule has 0 spiro atoms. The van der Waals surface area contributed by atoms with Gasteiger partial charge in [-0.25, -0.2) is 15.0 Å². The molecule has 9 aromatic rings. The lowest BCUT2D eigenvalue weighted by atomic mass is 9.99. The van der Waals surface area contributed by atoms with Crippen molar-refractivity contribution in [1.29, 1.82) is 0 Å². The third kappa shape index (κ3) is 5.26. The summed E-state index contributed by atoms with van der Waals surface area (Å²) >= 11 is 0. The Balaban J connectivity index is 1.42. The molecule has 0 aliphatic carbocycles. The highest BCUT2D eigenvalue weighted by atomic mass is 15.0. The van der Waals surface area contributed by atoms with Crippen LogP contribution in [0.25, 0.3) is 83.9 Å². The van der Waals surface area contributed by atoms with Crippen molar-refractivity contribution in [3.05, 3.63) is 182 Å². The van der Waals surface area contributed by atoms with E-state index in [1.165, 1.54) is 4.57 Å². The Morgan fingerprint density at radius 1 is 0.408 bits per heavy atom. The zero-order chi connectivity index (χ0) is 43.0. The molecule has 4 nitrogen and oxygen atoms in total. The van der Waals surface area contributed by atoms with Gasteiger partial charge in [0.1, 0.15) is 0 Å². The van der Waals surface area contributed by atoms with E-state index in [0.717, 1.165) is 11.1 Å². The molecule has 0 aliphatic heterocycles. The number of fused-ring (bicyclic) bond motifs is 3. The predicted molar refractivity (Wildman–Crippen MR) is 201 cm³/mol. The molecule has 0 bridgehead atoms. The van der Waals surface area contributed by atoms with Crippen molar-refractivity contribution in [2.45, 2.75) is 0 Å². The summed E-state index contributed by atoms with van der Waals surface area (Å²) in [6.07, 6.45) is 0. The van der Waals surface area contributed by atoms with Crippen LogP contribution in [0.1, 0.15) is 16.4 Å². The summed E-state index contributed by atoms with van der Waals surface area (Å²) in [7, 11) is 0. The van der Waals surface area contributed by atoms with Crippen LogP contribution in [0.2, 0.25) is 0 Å². The summed E-state index contributed by atoms with van der Waals surface area (Å²) in [6.45, 7) is 0. The van der Waals surface area contributed by atoms with E-state index >= 15 is 0 Å². The Bertz CT molecular complexity index is 3180. The average Bonchev–Trinajstić information content (AvgIpc) is 3.66. The third-order valence-corrected chi connectivity index (χ3v) is 8.19. The van der Waals surface area contributed by atoms with E-state index in [1.807, 2.05) is 97.1 Å². The van der Waals surface area contributed by atoms with Crippen LogP contribution in [-0.4, -0.2) is 19.5 Å². The molecular formula is C45H30N4. The Hall–Kier alpha value is -6.65. The van der Waals surface area contributed by atoms with Gasteiger partial charge in [0.2, 0.25) is 0 Å². The van der Waals surface area contributed by atoms with Gasteiger partial charge >= 0.3 is 0 Å². The first-order valence-corrected chi connectivity index (χ1v) is 15.5. The highest BCUT2D eigenvalue weighted by molar-refractivity contribution is 6.10. The van der Waals surface area contributed by atoms with Crippen molar-refractivity contribution in [2.75, 3.05) is 0 Å². The Labute approximate surface area is 301 Å². The van der Waals surface area contributed by atoms with E-state index in [2.05, 4.69) is 0 Å². The Morgan fingerprint density at radius 2 is 0.959 bits per heavy atom. The smallest absolute Gasteiger partial charge is 0.164 e. The largest absolute Gasteiger partial charge is 0.309 e. The van der Waals surface area contributed by atoms with Gasteiger partial charge in [0.05, 0.1) is 33.2 Å². The molecule has 0 fully saturated rings. The summed E-state index contributed by atoms with van der Waals surface area (Å²) < 4.78 is 108. The maximum absolute atomic E-state index is 9.73. The van der Waals surface area contributed by atoms with Gasteiger partial charge in [-0.2, -0.15) is 0 Å². The van der Waals surface area contributed by atoms with Gasteiger partial charge in [0.15, 0.2) is 17.5 Å². The molecule has 2 heterocycles. The zero-order valence-corrected chi connectivity index (χ0v) is 25.7. The minimum Gasteiger partial charge on any atom is -0.309 e. The second kappa shape index (κ2) is 12.2. The van der Waals surface area contributed by atoms with Crippen LogP contribution >= 0.6 is 0 Å². The van der Waals surface area contributed by atoms with Crippen LogP contribution in [0.4, 0.5) is 0 Å². The van der Waals surface area contributed by atoms with Crippen molar-refractivity contribution >= 4 is 21.8 Å². The van der Waals surface area contributed by atoms with Crippen LogP contribution < -0.4 is 0 Å². The molecule has 0 amide bonds. The number of hydrogen-bond donors (Lipinski definition) is 0. The van der Waals surface area contributed by atoms with E-state index in [9.17, 15) is 4.11 Å². The summed E-state index contributed by atoms with van der Waals surface area (Å²) in [4.78, 5) is 14.6. The normalized spacial score (nSPS) is 14.7. The molecule has 0 unspecified atom stereocenters. The topological polar surface area (TPSA) is 43.6 Å². The number of aromatic nitrogens is 4. The van der Waals surface area contributed by atoms with Crippen molar-refractivity contribution in [3.63, 3.8) is 0 Å². The van der Waals surface area contributed by atoms with Gasteiger partial charge < -0.3 is 4.57 Å². The monoisotopic (exact) mass is 638 g/mol. The molecule has 2 aromatic heterocycles. The molecule has 9 rings (SSSR count). The number of benzene rings is 7. The van der Waals surface area contributed by atoms with Gasteiger partial charge in [0.25, 0.3) is 0 Å². The molecule has 0 saturated carbocycles. The summed E-state index contributed by atoms with van der Waals surface area (Å²) in [5.74, 6) is 1.19. The minimum atomic E-state index is -0.687. The molecule has 0 atom stereocenters. The quantitative estimate of drug-likeness (QED) is 0.182. The Morgan fingerprint density at radius 3 is 1.61 bits per heavy atom. The van der Waals surface area contributed by atoms with Crippen molar-refractivity contribution in [2.24, 2.45) is 0 Å². The van der Waals surface area contributed by atoms with Crippen molar-refractivity contribution in [1.82, 2.24) is 19.5 Å². The summed E-state index contributed by atoms with van der Waals surface area (Å²) in [5, 5.41) is -0.241. The first kappa shape index (κ1) is 18.6. The maximum Gasteiger partial charge on any atom is 0.164 e. The van der Waals surface area contributed by atoms with Crippen molar-refractivity contribution in [3.8, 4) is 62.1 Å². The van der Waals surface area contributed by atoms with E-state index in [1.54, 1.807) is 12.1 Å². The molecule has 0 N–H and O–H groups in total. The fourth-order valence-corrected chi connectivity index (χ4v) is 5.91. The second-order valence-corrected chi connectivity index (χ2v) is 11.2. The predicted octanol–water partition coefficient (Wildman–Crippen LogP) is 11.3. The van der Waals surface area contributed by atoms with Crippen LogP contribution in [0, 0.1) is 0 Å².